The van der Waals surface area contributed by atoms with E-state index in [4.69, 9.17) is 23.2 Å². The molecule has 3 aromatic rings. The number of carbonyl (C=O) groups excluding carboxylic acids is 2. The van der Waals surface area contributed by atoms with E-state index in [1.54, 1.807) is 32.9 Å². The van der Waals surface area contributed by atoms with Crippen LogP contribution in [0.2, 0.25) is 10.0 Å². The van der Waals surface area contributed by atoms with Crippen molar-refractivity contribution in [2.24, 2.45) is 0 Å². The first-order chi connectivity index (χ1) is 18.3. The summed E-state index contributed by atoms with van der Waals surface area (Å²) in [7, 11) is -4.29. The van der Waals surface area contributed by atoms with Gasteiger partial charge in [0.2, 0.25) is 11.8 Å². The summed E-state index contributed by atoms with van der Waals surface area (Å²) in [6.07, 6.45) is 0. The van der Waals surface area contributed by atoms with Crippen LogP contribution in [0.1, 0.15) is 31.9 Å². The molecule has 0 bridgehead atoms. The monoisotopic (exact) mass is 593 g/mol. The Balaban J connectivity index is 2.07. The number of anilines is 1. The third-order valence-electron chi connectivity index (χ3n) is 5.93. The minimum Gasteiger partial charge on any atom is -0.352 e. The summed E-state index contributed by atoms with van der Waals surface area (Å²) in [6, 6.07) is 14.8. The Morgan fingerprint density at radius 3 is 2.15 bits per heavy atom. The molecule has 0 aromatic heterocycles. The van der Waals surface area contributed by atoms with Crippen LogP contribution in [0.25, 0.3) is 0 Å². The number of carbonyl (C=O) groups is 2. The third kappa shape index (κ3) is 7.71. The lowest BCUT2D eigenvalue weighted by Gasteiger charge is -2.32. The van der Waals surface area contributed by atoms with Crippen LogP contribution >= 0.6 is 23.2 Å². The smallest absolute Gasteiger partial charge is 0.264 e. The SMILES string of the molecule is Cc1ccc(S(=O)(=O)N(CC(=O)N(Cc2ccc(F)cc2)C(C)C(=O)NC(C)C)c2cc(Cl)ccc2Cl)cc1. The molecule has 11 heteroatoms. The van der Waals surface area contributed by atoms with Crippen molar-refractivity contribution in [2.75, 3.05) is 10.8 Å². The second-order valence-electron chi connectivity index (χ2n) is 9.41. The highest BCUT2D eigenvalue weighted by atomic mass is 35.5. The summed E-state index contributed by atoms with van der Waals surface area (Å²) in [6.45, 7) is 6.21. The molecule has 1 N–H and O–H groups in total. The molecular weight excluding hydrogens is 564 g/mol. The van der Waals surface area contributed by atoms with Gasteiger partial charge in [0, 0.05) is 17.6 Å². The molecule has 0 aliphatic heterocycles. The average Bonchev–Trinajstić information content (AvgIpc) is 2.87. The van der Waals surface area contributed by atoms with Crippen molar-refractivity contribution < 1.29 is 22.4 Å². The maximum Gasteiger partial charge on any atom is 0.264 e. The van der Waals surface area contributed by atoms with E-state index < -0.39 is 40.2 Å². The van der Waals surface area contributed by atoms with E-state index in [2.05, 4.69) is 5.32 Å². The van der Waals surface area contributed by atoms with Crippen LogP contribution < -0.4 is 9.62 Å². The summed E-state index contributed by atoms with van der Waals surface area (Å²) in [5.41, 5.74) is 1.43. The largest absolute Gasteiger partial charge is 0.352 e. The van der Waals surface area contributed by atoms with Gasteiger partial charge in [0.15, 0.2) is 0 Å². The molecule has 1 unspecified atom stereocenters. The number of nitrogens with zero attached hydrogens (tertiary/aromatic N) is 2. The van der Waals surface area contributed by atoms with Gasteiger partial charge in [0.25, 0.3) is 10.0 Å². The molecule has 208 valence electrons. The molecule has 39 heavy (non-hydrogen) atoms. The summed E-state index contributed by atoms with van der Waals surface area (Å²) in [4.78, 5) is 28.0. The van der Waals surface area contributed by atoms with Crippen molar-refractivity contribution in [1.29, 1.82) is 0 Å². The highest BCUT2D eigenvalue weighted by Crippen LogP contribution is 2.33. The Bertz CT molecular complexity index is 1430. The Morgan fingerprint density at radius 2 is 1.56 bits per heavy atom. The first-order valence-corrected chi connectivity index (χ1v) is 14.4. The zero-order chi connectivity index (χ0) is 28.9. The Labute approximate surface area is 238 Å². The number of sulfonamides is 1. The number of rotatable bonds is 10. The molecule has 3 rings (SSSR count). The predicted octanol–water partition coefficient (Wildman–Crippen LogP) is 5.58. The van der Waals surface area contributed by atoms with Gasteiger partial charge >= 0.3 is 0 Å². The maximum absolute atomic E-state index is 13.8. The highest BCUT2D eigenvalue weighted by molar-refractivity contribution is 7.92. The third-order valence-corrected chi connectivity index (χ3v) is 8.26. The van der Waals surface area contributed by atoms with E-state index in [0.29, 0.717) is 5.56 Å². The van der Waals surface area contributed by atoms with Crippen molar-refractivity contribution >= 4 is 50.7 Å². The minimum atomic E-state index is -4.29. The van der Waals surface area contributed by atoms with Crippen LogP contribution in [0.5, 0.6) is 0 Å². The van der Waals surface area contributed by atoms with Crippen molar-refractivity contribution in [3.63, 3.8) is 0 Å². The fourth-order valence-electron chi connectivity index (χ4n) is 3.80. The van der Waals surface area contributed by atoms with E-state index in [0.717, 1.165) is 9.87 Å². The summed E-state index contributed by atoms with van der Waals surface area (Å²) >= 11 is 12.6. The molecule has 1 atom stereocenters. The van der Waals surface area contributed by atoms with E-state index in [-0.39, 0.29) is 33.2 Å². The van der Waals surface area contributed by atoms with Gasteiger partial charge in [-0.25, -0.2) is 12.8 Å². The Kier molecular flexibility index (Phi) is 9.98. The highest BCUT2D eigenvalue weighted by Gasteiger charge is 2.33. The van der Waals surface area contributed by atoms with Crippen molar-refractivity contribution in [1.82, 2.24) is 10.2 Å². The standard InChI is InChI=1S/C28H30Cl2FN3O4S/c1-18(2)32-28(36)20(4)33(16-21-7-10-23(31)11-8-21)27(35)17-34(26-15-22(29)9-14-25(26)30)39(37,38)24-12-5-19(3)6-13-24/h5-15,18,20H,16-17H2,1-4H3,(H,32,36). The first kappa shape index (κ1) is 30.4. The van der Waals surface area contributed by atoms with Gasteiger partial charge in [0.1, 0.15) is 18.4 Å². The molecule has 0 aliphatic rings. The summed E-state index contributed by atoms with van der Waals surface area (Å²) in [5, 5.41) is 3.06. The minimum absolute atomic E-state index is 0.0131. The molecule has 3 aromatic carbocycles. The summed E-state index contributed by atoms with van der Waals surface area (Å²) < 4.78 is 42.1. The molecular formula is C28H30Cl2FN3O4S. The van der Waals surface area contributed by atoms with Crippen LogP contribution in [0.3, 0.4) is 0 Å². The fourth-order valence-corrected chi connectivity index (χ4v) is 5.66. The number of aryl methyl sites for hydroxylation is 1. The van der Waals surface area contributed by atoms with Crippen molar-refractivity contribution in [2.45, 2.75) is 51.2 Å². The number of amides is 2. The lowest BCUT2D eigenvalue weighted by molar-refractivity contribution is -0.139. The zero-order valence-electron chi connectivity index (χ0n) is 22.0. The van der Waals surface area contributed by atoms with Crippen molar-refractivity contribution in [3.05, 3.63) is 93.7 Å². The molecule has 0 aliphatic carbocycles. The molecule has 0 fully saturated rings. The Hall–Kier alpha value is -3.14. The normalized spacial score (nSPS) is 12.2. The Morgan fingerprint density at radius 1 is 0.949 bits per heavy atom. The first-order valence-electron chi connectivity index (χ1n) is 12.2. The van der Waals surface area contributed by atoms with Gasteiger partial charge in [-0.1, -0.05) is 53.0 Å². The zero-order valence-corrected chi connectivity index (χ0v) is 24.3. The van der Waals surface area contributed by atoms with Crippen LogP contribution in [0.15, 0.2) is 71.6 Å². The number of hydrogen-bond acceptors (Lipinski definition) is 4. The van der Waals surface area contributed by atoms with E-state index in [1.807, 2.05) is 6.92 Å². The maximum atomic E-state index is 13.8. The number of hydrogen-bond donors (Lipinski definition) is 1. The number of halogens is 3. The van der Waals surface area contributed by atoms with Crippen LogP contribution in [-0.4, -0.2) is 43.8 Å². The lowest BCUT2D eigenvalue weighted by atomic mass is 10.1. The quantitative estimate of drug-likeness (QED) is 0.332. The molecule has 0 heterocycles. The number of nitrogens with one attached hydrogen (secondary N) is 1. The van der Waals surface area contributed by atoms with Crippen LogP contribution in [-0.2, 0) is 26.2 Å². The fraction of sp³-hybridized carbons (Fsp3) is 0.286. The lowest BCUT2D eigenvalue weighted by Crippen LogP contribution is -2.52. The second-order valence-corrected chi connectivity index (χ2v) is 12.1. The van der Waals surface area contributed by atoms with Gasteiger partial charge in [-0.2, -0.15) is 0 Å². The van der Waals surface area contributed by atoms with Gasteiger partial charge in [0.05, 0.1) is 15.6 Å². The predicted molar refractivity (Wildman–Crippen MR) is 152 cm³/mol. The number of benzene rings is 3. The second kappa shape index (κ2) is 12.8. The average molecular weight is 595 g/mol. The van der Waals surface area contributed by atoms with Crippen LogP contribution in [0.4, 0.5) is 10.1 Å². The van der Waals surface area contributed by atoms with E-state index in [1.165, 1.54) is 59.5 Å². The van der Waals surface area contributed by atoms with E-state index in [9.17, 15) is 22.4 Å². The van der Waals surface area contributed by atoms with Gasteiger partial charge in [-0.15, -0.1) is 0 Å². The molecule has 2 amide bonds. The molecule has 7 nitrogen and oxygen atoms in total. The molecule has 0 radical (unpaired) electrons. The molecule has 0 saturated heterocycles. The van der Waals surface area contributed by atoms with Crippen molar-refractivity contribution in [3.8, 4) is 0 Å². The van der Waals surface area contributed by atoms with Crippen LogP contribution in [0, 0.1) is 12.7 Å². The topological polar surface area (TPSA) is 86.8 Å². The molecule has 0 spiro atoms. The molecule has 0 saturated carbocycles. The van der Waals surface area contributed by atoms with Gasteiger partial charge < -0.3 is 10.2 Å². The van der Waals surface area contributed by atoms with Gasteiger partial charge in [-0.3, -0.25) is 13.9 Å². The summed E-state index contributed by atoms with van der Waals surface area (Å²) in [5.74, 6) is -1.54. The van der Waals surface area contributed by atoms with E-state index >= 15 is 0 Å². The van der Waals surface area contributed by atoms with Gasteiger partial charge in [-0.05, 0) is 75.7 Å².